The summed E-state index contributed by atoms with van der Waals surface area (Å²) in [4.78, 5) is 46.9. The number of hydrogen-bond acceptors (Lipinski definition) is 5. The number of carbonyl (C=O) groups is 2. The molecular weight excluding hydrogens is 180 g/mol. The van der Waals surface area contributed by atoms with E-state index in [1.54, 1.807) is 0 Å². The Bertz CT molecular complexity index is 476. The highest BCUT2D eigenvalue weighted by Gasteiger charge is 2.32. The summed E-state index contributed by atoms with van der Waals surface area (Å²) in [6, 6.07) is 0. The van der Waals surface area contributed by atoms with Gasteiger partial charge >= 0.3 is 23.1 Å². The predicted octanol–water partition coefficient (Wildman–Crippen LogP) is -1.63. The van der Waals surface area contributed by atoms with Crippen molar-refractivity contribution < 1.29 is 14.3 Å². The van der Waals surface area contributed by atoms with Gasteiger partial charge < -0.3 is 14.7 Å². The second-order valence-corrected chi connectivity index (χ2v) is 2.34. The molecule has 7 heteroatoms. The van der Waals surface area contributed by atoms with Crippen molar-refractivity contribution in [3.63, 3.8) is 0 Å². The van der Waals surface area contributed by atoms with E-state index in [4.69, 9.17) is 0 Å². The van der Waals surface area contributed by atoms with Crippen LogP contribution in [0.15, 0.2) is 9.59 Å². The molecule has 0 saturated heterocycles. The van der Waals surface area contributed by atoms with Crippen LogP contribution < -0.4 is 11.1 Å². The van der Waals surface area contributed by atoms with E-state index in [0.717, 1.165) is 0 Å². The first-order valence-electron chi connectivity index (χ1n) is 3.22. The zero-order chi connectivity index (χ0) is 9.59. The number of aromatic nitrogens is 2. The summed E-state index contributed by atoms with van der Waals surface area (Å²) >= 11 is 0. The Kier molecular flexibility index (Phi) is 1.24. The molecule has 0 radical (unpaired) electrons. The van der Waals surface area contributed by atoms with Crippen molar-refractivity contribution in [2.45, 2.75) is 0 Å². The van der Waals surface area contributed by atoms with Crippen LogP contribution in [0.25, 0.3) is 0 Å². The molecular formula is C6H2N2O5. The van der Waals surface area contributed by atoms with Crippen LogP contribution in [0, 0.1) is 0 Å². The number of cyclic esters (lactones) is 2. The monoisotopic (exact) mass is 182 g/mol. The van der Waals surface area contributed by atoms with Crippen LogP contribution in [0.3, 0.4) is 0 Å². The van der Waals surface area contributed by atoms with Gasteiger partial charge in [-0.15, -0.1) is 0 Å². The molecule has 0 saturated carbocycles. The molecule has 1 aromatic heterocycles. The van der Waals surface area contributed by atoms with Gasteiger partial charge in [0, 0.05) is 0 Å². The number of esters is 2. The van der Waals surface area contributed by atoms with E-state index in [2.05, 4.69) is 4.74 Å². The molecule has 0 atom stereocenters. The SMILES string of the molecule is O=C1OC(=O)c2[nH]c(=O)c(=O)[nH]c21. The number of carbonyl (C=O) groups excluding carboxylic acids is 2. The van der Waals surface area contributed by atoms with Crippen LogP contribution in [0.1, 0.15) is 21.0 Å². The van der Waals surface area contributed by atoms with Crippen molar-refractivity contribution in [1.82, 2.24) is 9.97 Å². The van der Waals surface area contributed by atoms with Crippen LogP contribution in [-0.2, 0) is 4.74 Å². The lowest BCUT2D eigenvalue weighted by Crippen LogP contribution is -2.32. The fraction of sp³-hybridized carbons (Fsp3) is 0. The van der Waals surface area contributed by atoms with Crippen LogP contribution in [0.2, 0.25) is 0 Å². The van der Waals surface area contributed by atoms with E-state index in [-0.39, 0.29) is 11.4 Å². The summed E-state index contributed by atoms with van der Waals surface area (Å²) in [5.74, 6) is -1.93. The van der Waals surface area contributed by atoms with E-state index in [9.17, 15) is 19.2 Å². The van der Waals surface area contributed by atoms with Crippen molar-refractivity contribution in [3.8, 4) is 0 Å². The van der Waals surface area contributed by atoms with Crippen molar-refractivity contribution in [2.75, 3.05) is 0 Å². The Hall–Kier alpha value is -2.18. The van der Waals surface area contributed by atoms with Crippen molar-refractivity contribution in [2.24, 2.45) is 0 Å². The number of H-pyrrole nitrogens is 2. The summed E-state index contributed by atoms with van der Waals surface area (Å²) in [5, 5.41) is 0. The largest absolute Gasteiger partial charge is 0.383 e. The van der Waals surface area contributed by atoms with Crippen LogP contribution in [-0.4, -0.2) is 21.9 Å². The van der Waals surface area contributed by atoms with E-state index < -0.39 is 23.1 Å². The third kappa shape index (κ3) is 0.901. The predicted molar refractivity (Wildman–Crippen MR) is 37.4 cm³/mol. The first-order chi connectivity index (χ1) is 6.09. The molecule has 0 aromatic carbocycles. The number of rotatable bonds is 0. The third-order valence-corrected chi connectivity index (χ3v) is 1.53. The van der Waals surface area contributed by atoms with Gasteiger partial charge in [0.25, 0.3) is 0 Å². The second kappa shape index (κ2) is 2.16. The highest BCUT2D eigenvalue weighted by Crippen LogP contribution is 2.11. The fourth-order valence-corrected chi connectivity index (χ4v) is 0.958. The van der Waals surface area contributed by atoms with Crippen LogP contribution >= 0.6 is 0 Å². The maximum atomic E-state index is 10.8. The first-order valence-corrected chi connectivity index (χ1v) is 3.22. The zero-order valence-corrected chi connectivity index (χ0v) is 6.04. The highest BCUT2D eigenvalue weighted by molar-refractivity contribution is 6.12. The summed E-state index contributed by atoms with van der Waals surface area (Å²) < 4.78 is 4.12. The average molecular weight is 182 g/mol. The van der Waals surface area contributed by atoms with Gasteiger partial charge in [0.1, 0.15) is 0 Å². The number of ether oxygens (including phenoxy) is 1. The Labute approximate surface area is 69.4 Å². The molecule has 0 amide bonds. The van der Waals surface area contributed by atoms with Gasteiger partial charge in [0.2, 0.25) is 0 Å². The molecule has 1 aliphatic rings. The van der Waals surface area contributed by atoms with Gasteiger partial charge in [-0.2, -0.15) is 0 Å². The van der Waals surface area contributed by atoms with E-state index >= 15 is 0 Å². The molecule has 0 bridgehead atoms. The lowest BCUT2D eigenvalue weighted by molar-refractivity contribution is 0.0439. The van der Waals surface area contributed by atoms with E-state index in [1.165, 1.54) is 0 Å². The Morgan fingerprint density at radius 1 is 0.769 bits per heavy atom. The minimum Gasteiger partial charge on any atom is -0.383 e. The molecule has 0 aliphatic carbocycles. The third-order valence-electron chi connectivity index (χ3n) is 1.53. The van der Waals surface area contributed by atoms with Gasteiger partial charge in [-0.05, 0) is 0 Å². The van der Waals surface area contributed by atoms with Crippen LogP contribution in [0.5, 0.6) is 0 Å². The molecule has 2 rings (SSSR count). The van der Waals surface area contributed by atoms with Gasteiger partial charge in [-0.25, -0.2) is 9.59 Å². The zero-order valence-electron chi connectivity index (χ0n) is 6.04. The van der Waals surface area contributed by atoms with Crippen LogP contribution in [0.4, 0.5) is 0 Å². The van der Waals surface area contributed by atoms with Gasteiger partial charge in [0.15, 0.2) is 11.4 Å². The van der Waals surface area contributed by atoms with E-state index in [0.29, 0.717) is 0 Å². The molecule has 0 fully saturated rings. The summed E-state index contributed by atoms with van der Waals surface area (Å²) in [6.45, 7) is 0. The van der Waals surface area contributed by atoms with E-state index in [1.807, 2.05) is 9.97 Å². The molecule has 2 heterocycles. The highest BCUT2D eigenvalue weighted by atomic mass is 16.6. The number of fused-ring (bicyclic) bond motifs is 1. The lowest BCUT2D eigenvalue weighted by Gasteiger charge is -1.88. The minimum absolute atomic E-state index is 0.311. The maximum Gasteiger partial charge on any atom is 0.365 e. The standard InChI is InChI=1S/C6H2N2O5/c9-3-4(10)8-2-1(7-3)5(11)13-6(2)12/h(H,7,9)(H,8,10). The molecule has 1 aromatic rings. The molecule has 0 spiro atoms. The average Bonchev–Trinajstić information content (AvgIpc) is 2.31. The van der Waals surface area contributed by atoms with Gasteiger partial charge in [-0.1, -0.05) is 0 Å². The number of nitrogens with one attached hydrogen (secondary N) is 2. The summed E-state index contributed by atoms with van der Waals surface area (Å²) in [7, 11) is 0. The number of aromatic amines is 2. The summed E-state index contributed by atoms with van der Waals surface area (Å²) in [6.07, 6.45) is 0. The second-order valence-electron chi connectivity index (χ2n) is 2.34. The Morgan fingerprint density at radius 2 is 1.15 bits per heavy atom. The fourth-order valence-electron chi connectivity index (χ4n) is 0.958. The van der Waals surface area contributed by atoms with Gasteiger partial charge in [0.05, 0.1) is 0 Å². The number of hydrogen-bond donors (Lipinski definition) is 2. The topological polar surface area (TPSA) is 109 Å². The molecule has 2 N–H and O–H groups in total. The lowest BCUT2D eigenvalue weighted by atomic mass is 10.3. The van der Waals surface area contributed by atoms with Crippen molar-refractivity contribution in [3.05, 3.63) is 32.1 Å². The quantitative estimate of drug-likeness (QED) is 0.284. The molecule has 7 nitrogen and oxygen atoms in total. The molecule has 0 unspecified atom stereocenters. The Morgan fingerprint density at radius 3 is 1.54 bits per heavy atom. The normalized spacial score (nSPS) is 14.2. The van der Waals surface area contributed by atoms with Gasteiger partial charge in [-0.3, -0.25) is 9.59 Å². The summed E-state index contributed by atoms with van der Waals surface area (Å²) in [5.41, 5.74) is -2.61. The maximum absolute atomic E-state index is 10.8. The molecule has 1 aliphatic heterocycles. The molecule has 13 heavy (non-hydrogen) atoms. The minimum atomic E-state index is -0.995. The van der Waals surface area contributed by atoms with Crippen molar-refractivity contribution in [1.29, 1.82) is 0 Å². The first kappa shape index (κ1) is 7.47. The smallest absolute Gasteiger partial charge is 0.365 e. The Balaban J connectivity index is 2.87. The van der Waals surface area contributed by atoms with Crippen molar-refractivity contribution >= 4 is 11.9 Å². The molecule has 66 valence electrons.